The van der Waals surface area contributed by atoms with Crippen LogP contribution < -0.4 is 14.4 Å². The second kappa shape index (κ2) is 14.0. The number of nitrogens with zero attached hydrogens (tertiary/aromatic N) is 2. The molecule has 0 spiro atoms. The minimum Gasteiger partial charge on any atom is -0.497 e. The van der Waals surface area contributed by atoms with Gasteiger partial charge in [-0.3, -0.25) is 13.9 Å². The van der Waals surface area contributed by atoms with Gasteiger partial charge >= 0.3 is 0 Å². The molecule has 0 aliphatic carbocycles. The highest BCUT2D eigenvalue weighted by atomic mass is 35.5. The van der Waals surface area contributed by atoms with Crippen LogP contribution in [0.2, 0.25) is 5.02 Å². The van der Waals surface area contributed by atoms with Crippen molar-refractivity contribution in [3.05, 3.63) is 125 Å². The van der Waals surface area contributed by atoms with Crippen molar-refractivity contribution in [2.24, 2.45) is 0 Å². The Morgan fingerprint density at radius 1 is 0.857 bits per heavy atom. The highest BCUT2D eigenvalue weighted by molar-refractivity contribution is 7.92. The Labute approximate surface area is 251 Å². The first-order valence-electron chi connectivity index (χ1n) is 13.2. The molecule has 4 aromatic rings. The maximum absolute atomic E-state index is 14.3. The van der Waals surface area contributed by atoms with Gasteiger partial charge < -0.3 is 15.0 Å². The monoisotopic (exact) mass is 605 g/mol. The quantitative estimate of drug-likeness (QED) is 0.247. The molecule has 10 heteroatoms. The molecule has 0 saturated heterocycles. The van der Waals surface area contributed by atoms with E-state index in [0.29, 0.717) is 16.3 Å². The average molecular weight is 606 g/mol. The van der Waals surface area contributed by atoms with E-state index in [-0.39, 0.29) is 29.5 Å². The molecule has 1 N–H and O–H groups in total. The molecule has 4 aromatic carbocycles. The standard InChI is InChI=1S/C32H32ClN3O5S/c1-34-32(38)30(20-24-11-5-3-6-12-24)35(22-25-13-9-16-28(19-25)41-2)31(37)23-36(27-15-10-14-26(33)21-27)42(39,40)29-17-7-4-8-18-29/h3-19,21,30H,20,22-23H2,1-2H3,(H,34,38). The van der Waals surface area contributed by atoms with Crippen LogP contribution in [0.15, 0.2) is 114 Å². The fourth-order valence-corrected chi connectivity index (χ4v) is 6.18. The van der Waals surface area contributed by atoms with E-state index >= 15 is 0 Å². The Balaban J connectivity index is 1.79. The van der Waals surface area contributed by atoms with Crippen molar-refractivity contribution < 1.29 is 22.7 Å². The van der Waals surface area contributed by atoms with Gasteiger partial charge in [0.05, 0.1) is 17.7 Å². The third-order valence-electron chi connectivity index (χ3n) is 6.71. The lowest BCUT2D eigenvalue weighted by Gasteiger charge is -2.33. The maximum Gasteiger partial charge on any atom is 0.264 e. The smallest absolute Gasteiger partial charge is 0.264 e. The molecule has 2 amide bonds. The number of benzene rings is 4. The molecule has 1 atom stereocenters. The Bertz CT molecular complexity index is 1620. The Morgan fingerprint density at radius 3 is 2.14 bits per heavy atom. The number of hydrogen-bond donors (Lipinski definition) is 1. The predicted octanol–water partition coefficient (Wildman–Crippen LogP) is 4.93. The number of sulfonamides is 1. The van der Waals surface area contributed by atoms with Gasteiger partial charge in [-0.25, -0.2) is 8.42 Å². The third-order valence-corrected chi connectivity index (χ3v) is 8.73. The van der Waals surface area contributed by atoms with Crippen LogP contribution in [0.5, 0.6) is 5.75 Å². The Kier molecular flexibility index (Phi) is 10.2. The number of likely N-dealkylation sites (N-methyl/N-ethyl adjacent to an activating group) is 1. The molecule has 1 unspecified atom stereocenters. The van der Waals surface area contributed by atoms with E-state index in [0.717, 1.165) is 9.87 Å². The van der Waals surface area contributed by atoms with E-state index < -0.39 is 28.5 Å². The number of anilines is 1. The zero-order chi connectivity index (χ0) is 30.1. The second-order valence-electron chi connectivity index (χ2n) is 9.50. The van der Waals surface area contributed by atoms with E-state index in [1.54, 1.807) is 61.7 Å². The van der Waals surface area contributed by atoms with Crippen LogP contribution in [0.1, 0.15) is 11.1 Å². The number of amides is 2. The lowest BCUT2D eigenvalue weighted by molar-refractivity contribution is -0.139. The van der Waals surface area contributed by atoms with Crippen LogP contribution in [0, 0.1) is 0 Å². The van der Waals surface area contributed by atoms with Gasteiger partial charge in [0.1, 0.15) is 18.3 Å². The minimum atomic E-state index is -4.19. The lowest BCUT2D eigenvalue weighted by atomic mass is 10.0. The van der Waals surface area contributed by atoms with Gasteiger partial charge in [0, 0.05) is 25.0 Å². The van der Waals surface area contributed by atoms with Crippen molar-refractivity contribution in [2.45, 2.75) is 23.9 Å². The van der Waals surface area contributed by atoms with Crippen molar-refractivity contribution in [1.82, 2.24) is 10.2 Å². The van der Waals surface area contributed by atoms with E-state index in [9.17, 15) is 18.0 Å². The zero-order valence-corrected chi connectivity index (χ0v) is 24.9. The summed E-state index contributed by atoms with van der Waals surface area (Å²) in [6, 6.07) is 29.8. The number of ether oxygens (including phenoxy) is 1. The summed E-state index contributed by atoms with van der Waals surface area (Å²) in [4.78, 5) is 29.0. The van der Waals surface area contributed by atoms with Crippen LogP contribution in [-0.4, -0.2) is 51.9 Å². The summed E-state index contributed by atoms with van der Waals surface area (Å²) < 4.78 is 34.2. The van der Waals surface area contributed by atoms with Crippen LogP contribution in [-0.2, 0) is 32.6 Å². The van der Waals surface area contributed by atoms with Gasteiger partial charge in [-0.1, -0.05) is 78.3 Å². The highest BCUT2D eigenvalue weighted by Crippen LogP contribution is 2.27. The SMILES string of the molecule is CNC(=O)C(Cc1ccccc1)N(Cc1cccc(OC)c1)C(=O)CN(c1cccc(Cl)c1)S(=O)(=O)c1ccccc1. The summed E-state index contributed by atoms with van der Waals surface area (Å²) in [5.41, 5.74) is 1.78. The molecule has 4 rings (SSSR count). The van der Waals surface area contributed by atoms with E-state index in [1.165, 1.54) is 30.1 Å². The van der Waals surface area contributed by atoms with Crippen LogP contribution in [0.4, 0.5) is 5.69 Å². The average Bonchev–Trinajstić information content (AvgIpc) is 3.02. The summed E-state index contributed by atoms with van der Waals surface area (Å²) in [5.74, 6) is -0.358. The Hall–Kier alpha value is -4.34. The summed E-state index contributed by atoms with van der Waals surface area (Å²) in [6.07, 6.45) is 0.221. The van der Waals surface area contributed by atoms with Crippen LogP contribution in [0.25, 0.3) is 0 Å². The molecule has 0 saturated carbocycles. The summed E-state index contributed by atoms with van der Waals surface area (Å²) in [6.45, 7) is -0.528. The molecule has 0 aliphatic heterocycles. The van der Waals surface area contributed by atoms with E-state index in [2.05, 4.69) is 5.32 Å². The van der Waals surface area contributed by atoms with Crippen molar-refractivity contribution in [1.29, 1.82) is 0 Å². The number of methoxy groups -OCH3 is 1. The summed E-state index contributed by atoms with van der Waals surface area (Å²) in [7, 11) is -1.14. The molecule has 218 valence electrons. The van der Waals surface area contributed by atoms with Crippen molar-refractivity contribution in [3.8, 4) is 5.75 Å². The van der Waals surface area contributed by atoms with Gasteiger partial charge in [-0.15, -0.1) is 0 Å². The molecule has 8 nitrogen and oxygen atoms in total. The zero-order valence-electron chi connectivity index (χ0n) is 23.3. The highest BCUT2D eigenvalue weighted by Gasteiger charge is 2.34. The van der Waals surface area contributed by atoms with Crippen molar-refractivity contribution in [3.63, 3.8) is 0 Å². The summed E-state index contributed by atoms with van der Waals surface area (Å²) in [5, 5.41) is 2.98. The summed E-state index contributed by atoms with van der Waals surface area (Å²) >= 11 is 6.24. The molecule has 0 radical (unpaired) electrons. The second-order valence-corrected chi connectivity index (χ2v) is 11.8. The molecular weight excluding hydrogens is 574 g/mol. The number of rotatable bonds is 12. The molecule has 0 heterocycles. The van der Waals surface area contributed by atoms with Gasteiger partial charge in [0.2, 0.25) is 11.8 Å². The predicted molar refractivity (Wildman–Crippen MR) is 164 cm³/mol. The number of nitrogens with one attached hydrogen (secondary N) is 1. The third kappa shape index (κ3) is 7.48. The lowest BCUT2D eigenvalue weighted by Crippen LogP contribution is -2.53. The fraction of sp³-hybridized carbons (Fsp3) is 0.188. The van der Waals surface area contributed by atoms with Gasteiger partial charge in [-0.05, 0) is 53.6 Å². The maximum atomic E-state index is 14.3. The number of carbonyl (C=O) groups excluding carboxylic acids is 2. The molecule has 0 aromatic heterocycles. The molecule has 0 fully saturated rings. The van der Waals surface area contributed by atoms with Gasteiger partial charge in [0.15, 0.2) is 0 Å². The van der Waals surface area contributed by atoms with Crippen molar-refractivity contribution in [2.75, 3.05) is 25.0 Å². The first-order chi connectivity index (χ1) is 20.2. The number of halogens is 1. The first-order valence-corrected chi connectivity index (χ1v) is 15.1. The van der Waals surface area contributed by atoms with Gasteiger partial charge in [0.25, 0.3) is 10.0 Å². The molecular formula is C32H32ClN3O5S. The largest absolute Gasteiger partial charge is 0.497 e. The van der Waals surface area contributed by atoms with Crippen molar-refractivity contribution >= 4 is 39.1 Å². The molecule has 0 aliphatic rings. The Morgan fingerprint density at radius 2 is 1.50 bits per heavy atom. The van der Waals surface area contributed by atoms with E-state index in [1.807, 2.05) is 36.4 Å². The van der Waals surface area contributed by atoms with E-state index in [4.69, 9.17) is 16.3 Å². The normalized spacial score (nSPS) is 11.8. The fourth-order valence-electron chi connectivity index (χ4n) is 4.57. The number of hydrogen-bond acceptors (Lipinski definition) is 5. The van der Waals surface area contributed by atoms with Crippen LogP contribution >= 0.6 is 11.6 Å². The van der Waals surface area contributed by atoms with Crippen LogP contribution in [0.3, 0.4) is 0 Å². The molecule has 0 bridgehead atoms. The minimum absolute atomic E-state index is 0.0178. The molecule has 42 heavy (non-hydrogen) atoms. The first kappa shape index (κ1) is 30.6. The van der Waals surface area contributed by atoms with Gasteiger partial charge in [-0.2, -0.15) is 0 Å². The topological polar surface area (TPSA) is 96.0 Å². The number of carbonyl (C=O) groups is 2.